The Hall–Kier alpha value is -2.81. The molecule has 6 heteroatoms. The first-order valence-corrected chi connectivity index (χ1v) is 7.92. The maximum Gasteiger partial charge on any atom is 0.348 e. The molecule has 0 spiro atoms. The van der Waals surface area contributed by atoms with Crippen LogP contribution in [0.25, 0.3) is 11.9 Å². The van der Waals surface area contributed by atoms with Gasteiger partial charge in [0.2, 0.25) is 0 Å². The Kier molecular flexibility index (Phi) is 5.24. The monoisotopic (exact) mass is 326 g/mol. The molecule has 2 heterocycles. The normalized spacial score (nSPS) is 11.6. The fourth-order valence-corrected chi connectivity index (χ4v) is 2.67. The van der Waals surface area contributed by atoms with Gasteiger partial charge in [-0.25, -0.2) is 9.48 Å². The maximum atomic E-state index is 11.8. The van der Waals surface area contributed by atoms with E-state index in [1.165, 1.54) is 0 Å². The molecule has 0 radical (unpaired) electrons. The standard InChI is InChI=1S/C18H22N4O2/c1-6-24-18(23)16(11-19)10-15-9-13(4)21(14(15)5)17-7-8-20-22(17)12(2)3/h7-10,12H,6H2,1-5H3/b16-10+. The summed E-state index contributed by atoms with van der Waals surface area (Å²) >= 11 is 0. The molecule has 2 aromatic heterocycles. The molecule has 6 nitrogen and oxygen atoms in total. The molecular weight excluding hydrogens is 304 g/mol. The first kappa shape index (κ1) is 17.5. The highest BCUT2D eigenvalue weighted by molar-refractivity contribution is 5.98. The van der Waals surface area contributed by atoms with Gasteiger partial charge in [0.15, 0.2) is 0 Å². The number of hydrogen-bond acceptors (Lipinski definition) is 4. The van der Waals surface area contributed by atoms with Gasteiger partial charge in [-0.15, -0.1) is 0 Å². The van der Waals surface area contributed by atoms with Gasteiger partial charge in [0.1, 0.15) is 17.5 Å². The predicted molar refractivity (Wildman–Crippen MR) is 91.6 cm³/mol. The number of nitrogens with zero attached hydrogens (tertiary/aromatic N) is 4. The number of esters is 1. The van der Waals surface area contributed by atoms with Crippen LogP contribution in [-0.4, -0.2) is 26.9 Å². The van der Waals surface area contributed by atoms with Gasteiger partial charge in [-0.3, -0.25) is 0 Å². The summed E-state index contributed by atoms with van der Waals surface area (Å²) in [5.41, 5.74) is 2.75. The van der Waals surface area contributed by atoms with Gasteiger partial charge in [-0.1, -0.05) is 0 Å². The van der Waals surface area contributed by atoms with E-state index in [0.717, 1.165) is 22.8 Å². The number of rotatable bonds is 5. The number of ether oxygens (including phenoxy) is 1. The molecule has 0 unspecified atom stereocenters. The summed E-state index contributed by atoms with van der Waals surface area (Å²) in [6.45, 7) is 10.0. The summed E-state index contributed by atoms with van der Waals surface area (Å²) in [5, 5.41) is 13.6. The largest absolute Gasteiger partial charge is 0.462 e. The molecule has 2 aromatic rings. The molecule has 0 saturated heterocycles. The van der Waals surface area contributed by atoms with E-state index in [2.05, 4.69) is 23.5 Å². The summed E-state index contributed by atoms with van der Waals surface area (Å²) in [5.74, 6) is 0.353. The number of hydrogen-bond donors (Lipinski definition) is 0. The molecule has 0 aliphatic heterocycles. The zero-order valence-electron chi connectivity index (χ0n) is 14.7. The highest BCUT2D eigenvalue weighted by Gasteiger charge is 2.16. The van der Waals surface area contributed by atoms with Crippen LogP contribution in [0.4, 0.5) is 0 Å². The Labute approximate surface area is 142 Å². The van der Waals surface area contributed by atoms with E-state index in [-0.39, 0.29) is 18.2 Å². The van der Waals surface area contributed by atoms with E-state index in [1.54, 1.807) is 19.2 Å². The molecule has 0 atom stereocenters. The minimum atomic E-state index is -0.600. The highest BCUT2D eigenvalue weighted by atomic mass is 16.5. The van der Waals surface area contributed by atoms with Gasteiger partial charge < -0.3 is 9.30 Å². The van der Waals surface area contributed by atoms with Crippen LogP contribution in [-0.2, 0) is 9.53 Å². The lowest BCUT2D eigenvalue weighted by Crippen LogP contribution is -2.11. The third-order valence-corrected chi connectivity index (χ3v) is 3.75. The van der Waals surface area contributed by atoms with Crippen molar-refractivity contribution in [2.45, 2.75) is 40.7 Å². The van der Waals surface area contributed by atoms with Crippen LogP contribution in [0.5, 0.6) is 0 Å². The van der Waals surface area contributed by atoms with E-state index < -0.39 is 5.97 Å². The van der Waals surface area contributed by atoms with Gasteiger partial charge in [0, 0.05) is 23.5 Å². The van der Waals surface area contributed by atoms with Crippen molar-refractivity contribution in [3.63, 3.8) is 0 Å². The summed E-state index contributed by atoms with van der Waals surface area (Å²) in [7, 11) is 0. The third-order valence-electron chi connectivity index (χ3n) is 3.75. The first-order chi connectivity index (χ1) is 11.4. The van der Waals surface area contributed by atoms with Crippen molar-refractivity contribution in [2.75, 3.05) is 6.61 Å². The molecule has 2 rings (SSSR count). The number of carbonyl (C=O) groups excluding carboxylic acids is 1. The van der Waals surface area contributed by atoms with Crippen molar-refractivity contribution in [2.24, 2.45) is 0 Å². The minimum absolute atomic E-state index is 0.00512. The van der Waals surface area contributed by atoms with Crippen LogP contribution in [0.15, 0.2) is 23.9 Å². The Bertz CT molecular complexity index is 819. The van der Waals surface area contributed by atoms with E-state index in [4.69, 9.17) is 4.74 Å². The molecule has 0 bridgehead atoms. The van der Waals surface area contributed by atoms with Crippen LogP contribution in [0, 0.1) is 25.2 Å². The van der Waals surface area contributed by atoms with Gasteiger partial charge in [0.25, 0.3) is 0 Å². The Morgan fingerprint density at radius 3 is 2.75 bits per heavy atom. The van der Waals surface area contributed by atoms with Gasteiger partial charge in [-0.2, -0.15) is 10.4 Å². The second-order valence-corrected chi connectivity index (χ2v) is 5.78. The molecule has 0 amide bonds. The van der Waals surface area contributed by atoms with Crippen molar-refractivity contribution in [1.82, 2.24) is 14.3 Å². The van der Waals surface area contributed by atoms with Crippen molar-refractivity contribution in [3.8, 4) is 11.9 Å². The molecule has 0 aliphatic rings. The number of nitriles is 1. The summed E-state index contributed by atoms with van der Waals surface area (Å²) in [6.07, 6.45) is 3.34. The zero-order chi connectivity index (χ0) is 17.9. The molecule has 0 N–H and O–H groups in total. The molecule has 0 fully saturated rings. The SMILES string of the molecule is CCOC(=O)/C(C#N)=C/c1cc(C)n(-c2ccnn2C(C)C)c1C. The second-order valence-electron chi connectivity index (χ2n) is 5.78. The third kappa shape index (κ3) is 3.25. The van der Waals surface area contributed by atoms with Crippen LogP contribution in [0.3, 0.4) is 0 Å². The van der Waals surface area contributed by atoms with Crippen LogP contribution < -0.4 is 0 Å². The van der Waals surface area contributed by atoms with E-state index in [9.17, 15) is 10.1 Å². The molecule has 0 aromatic carbocycles. The number of aryl methyl sites for hydroxylation is 1. The van der Waals surface area contributed by atoms with E-state index in [0.29, 0.717) is 0 Å². The Morgan fingerprint density at radius 1 is 1.46 bits per heavy atom. The fourth-order valence-electron chi connectivity index (χ4n) is 2.67. The minimum Gasteiger partial charge on any atom is -0.462 e. The Balaban J connectivity index is 2.52. The van der Waals surface area contributed by atoms with Crippen LogP contribution in [0.2, 0.25) is 0 Å². The summed E-state index contributed by atoms with van der Waals surface area (Å²) < 4.78 is 8.92. The lowest BCUT2D eigenvalue weighted by Gasteiger charge is -2.15. The van der Waals surface area contributed by atoms with Crippen LogP contribution >= 0.6 is 0 Å². The molecule has 0 saturated carbocycles. The second kappa shape index (κ2) is 7.18. The fraction of sp³-hybridized carbons (Fsp3) is 0.389. The average molecular weight is 326 g/mol. The lowest BCUT2D eigenvalue weighted by molar-refractivity contribution is -0.137. The van der Waals surface area contributed by atoms with E-state index in [1.807, 2.05) is 36.7 Å². The smallest absolute Gasteiger partial charge is 0.348 e. The first-order valence-electron chi connectivity index (χ1n) is 7.92. The summed E-state index contributed by atoms with van der Waals surface area (Å²) in [6, 6.07) is 6.04. The molecule has 126 valence electrons. The molecular formula is C18H22N4O2. The average Bonchev–Trinajstić information content (AvgIpc) is 3.10. The zero-order valence-corrected chi connectivity index (χ0v) is 14.7. The summed E-state index contributed by atoms with van der Waals surface area (Å²) in [4.78, 5) is 11.8. The van der Waals surface area contributed by atoms with Gasteiger partial charge >= 0.3 is 5.97 Å². The quantitative estimate of drug-likeness (QED) is 0.480. The number of carbonyl (C=O) groups is 1. The molecule has 24 heavy (non-hydrogen) atoms. The maximum absolute atomic E-state index is 11.8. The van der Waals surface area contributed by atoms with Gasteiger partial charge in [0.05, 0.1) is 12.8 Å². The highest BCUT2D eigenvalue weighted by Crippen LogP contribution is 2.24. The number of aromatic nitrogens is 3. The van der Waals surface area contributed by atoms with E-state index >= 15 is 0 Å². The Morgan fingerprint density at radius 2 is 2.17 bits per heavy atom. The van der Waals surface area contributed by atoms with Crippen molar-refractivity contribution < 1.29 is 9.53 Å². The van der Waals surface area contributed by atoms with Crippen molar-refractivity contribution in [3.05, 3.63) is 40.9 Å². The van der Waals surface area contributed by atoms with Gasteiger partial charge in [-0.05, 0) is 52.3 Å². The van der Waals surface area contributed by atoms with Crippen molar-refractivity contribution >= 4 is 12.0 Å². The topological polar surface area (TPSA) is 72.8 Å². The predicted octanol–water partition coefficient (Wildman–Crippen LogP) is 3.34. The van der Waals surface area contributed by atoms with Crippen LogP contribution in [0.1, 0.15) is 43.8 Å². The van der Waals surface area contributed by atoms with Crippen molar-refractivity contribution in [1.29, 1.82) is 5.26 Å². The lowest BCUT2D eigenvalue weighted by atomic mass is 10.1. The molecule has 0 aliphatic carbocycles.